The number of hydrogen-bond acceptors (Lipinski definition) is 6. The summed E-state index contributed by atoms with van der Waals surface area (Å²) in [5.41, 5.74) is 2.42. The third kappa shape index (κ3) is 3.85. The third-order valence-electron chi connectivity index (χ3n) is 4.73. The Balaban J connectivity index is 1.71. The molecular weight excluding hydrogens is 344 g/mol. The van der Waals surface area contributed by atoms with Crippen LogP contribution in [0, 0.1) is 10.1 Å². The highest BCUT2D eigenvalue weighted by Gasteiger charge is 2.17. The predicted molar refractivity (Wildman–Crippen MR) is 103 cm³/mol. The van der Waals surface area contributed by atoms with E-state index in [-0.39, 0.29) is 5.69 Å². The minimum atomic E-state index is -0.410. The van der Waals surface area contributed by atoms with Crippen LogP contribution in [0.3, 0.4) is 0 Å². The molecule has 8 heteroatoms. The van der Waals surface area contributed by atoms with E-state index < -0.39 is 4.92 Å². The molecule has 0 amide bonds. The number of benzene rings is 2. The van der Waals surface area contributed by atoms with E-state index in [1.54, 1.807) is 16.8 Å². The second kappa shape index (κ2) is 7.63. The molecule has 8 nitrogen and oxygen atoms in total. The van der Waals surface area contributed by atoms with Gasteiger partial charge in [0, 0.05) is 12.1 Å². The fourth-order valence-corrected chi connectivity index (χ4v) is 3.32. The van der Waals surface area contributed by atoms with Crippen LogP contribution in [0.5, 0.6) is 0 Å². The van der Waals surface area contributed by atoms with Gasteiger partial charge in [0.2, 0.25) is 0 Å². The fourth-order valence-electron chi connectivity index (χ4n) is 3.32. The number of likely N-dealkylation sites (tertiary alicyclic amines) is 1. The first-order valence-corrected chi connectivity index (χ1v) is 9.06. The minimum Gasteiger partial charge on any atom is -0.296 e. The van der Waals surface area contributed by atoms with Gasteiger partial charge in [-0.25, -0.2) is 4.99 Å². The summed E-state index contributed by atoms with van der Waals surface area (Å²) < 4.78 is 1.77. The SMILES string of the molecule is O=[N+]([O-])c1ccc(N=C(CN2CCCCC2)n2nnc3ccccc32)cc1. The molecule has 1 aromatic heterocycles. The molecule has 0 N–H and O–H groups in total. The van der Waals surface area contributed by atoms with E-state index in [2.05, 4.69) is 15.2 Å². The molecular formula is C19H20N6O2. The number of rotatable bonds is 4. The average molecular weight is 364 g/mol. The molecule has 138 valence electrons. The molecule has 3 aromatic rings. The predicted octanol–water partition coefficient (Wildman–Crippen LogP) is 3.40. The molecule has 0 radical (unpaired) electrons. The molecule has 27 heavy (non-hydrogen) atoms. The second-order valence-corrected chi connectivity index (χ2v) is 6.63. The van der Waals surface area contributed by atoms with Gasteiger partial charge in [-0.15, -0.1) is 5.10 Å². The van der Waals surface area contributed by atoms with Crippen LogP contribution in [-0.4, -0.2) is 50.3 Å². The Kier molecular flexibility index (Phi) is 4.88. The van der Waals surface area contributed by atoms with E-state index >= 15 is 0 Å². The number of non-ortho nitro benzene ring substituents is 1. The number of nitro benzene ring substituents is 1. The van der Waals surface area contributed by atoms with E-state index in [1.165, 1.54) is 31.4 Å². The first-order chi connectivity index (χ1) is 13.2. The maximum atomic E-state index is 10.9. The summed E-state index contributed by atoms with van der Waals surface area (Å²) in [7, 11) is 0. The van der Waals surface area contributed by atoms with E-state index in [0.29, 0.717) is 12.2 Å². The average Bonchev–Trinajstić information content (AvgIpc) is 3.13. The van der Waals surface area contributed by atoms with Crippen LogP contribution in [-0.2, 0) is 0 Å². The van der Waals surface area contributed by atoms with Crippen LogP contribution < -0.4 is 0 Å². The lowest BCUT2D eigenvalue weighted by Gasteiger charge is -2.26. The summed E-state index contributed by atoms with van der Waals surface area (Å²) in [5, 5.41) is 19.4. The summed E-state index contributed by atoms with van der Waals surface area (Å²) in [4.78, 5) is 17.6. The number of fused-ring (bicyclic) bond motifs is 1. The summed E-state index contributed by atoms with van der Waals surface area (Å²) in [5.74, 6) is 0.763. The van der Waals surface area contributed by atoms with Crippen LogP contribution in [0.1, 0.15) is 19.3 Å². The first kappa shape index (κ1) is 17.3. The van der Waals surface area contributed by atoms with E-state index in [9.17, 15) is 10.1 Å². The smallest absolute Gasteiger partial charge is 0.269 e. The number of hydrogen-bond donors (Lipinski definition) is 0. The molecule has 0 bridgehead atoms. The maximum Gasteiger partial charge on any atom is 0.269 e. The van der Waals surface area contributed by atoms with Crippen LogP contribution in [0.15, 0.2) is 53.5 Å². The fraction of sp³-hybridized carbons (Fsp3) is 0.316. The van der Waals surface area contributed by atoms with Crippen LogP contribution >= 0.6 is 0 Å². The highest BCUT2D eigenvalue weighted by atomic mass is 16.6. The van der Waals surface area contributed by atoms with Gasteiger partial charge in [-0.2, -0.15) is 4.68 Å². The lowest BCUT2D eigenvalue weighted by atomic mass is 10.1. The number of piperidine rings is 1. The summed E-state index contributed by atoms with van der Waals surface area (Å²) in [6.07, 6.45) is 3.63. The number of nitro groups is 1. The van der Waals surface area contributed by atoms with E-state index in [4.69, 9.17) is 4.99 Å². The second-order valence-electron chi connectivity index (χ2n) is 6.63. The highest BCUT2D eigenvalue weighted by Crippen LogP contribution is 2.20. The molecule has 0 spiro atoms. The van der Waals surface area contributed by atoms with Crippen molar-refractivity contribution in [3.63, 3.8) is 0 Å². The Labute approximate surface area is 156 Å². The van der Waals surface area contributed by atoms with Crippen molar-refractivity contribution in [2.45, 2.75) is 19.3 Å². The van der Waals surface area contributed by atoms with Crippen LogP contribution in [0.4, 0.5) is 11.4 Å². The number of aromatic nitrogens is 3. The molecule has 1 fully saturated rings. The topological polar surface area (TPSA) is 89.5 Å². The Morgan fingerprint density at radius 3 is 2.56 bits per heavy atom. The Morgan fingerprint density at radius 2 is 1.81 bits per heavy atom. The summed E-state index contributed by atoms with van der Waals surface area (Å²) in [6, 6.07) is 14.0. The monoisotopic (exact) mass is 364 g/mol. The molecule has 0 unspecified atom stereocenters. The van der Waals surface area contributed by atoms with Gasteiger partial charge in [-0.3, -0.25) is 15.0 Å². The van der Waals surface area contributed by atoms with Gasteiger partial charge in [0.25, 0.3) is 5.69 Å². The molecule has 1 saturated heterocycles. The number of aliphatic imine (C=N–C) groups is 1. The van der Waals surface area contributed by atoms with Crippen molar-refractivity contribution in [3.8, 4) is 0 Å². The zero-order valence-corrected chi connectivity index (χ0v) is 14.9. The van der Waals surface area contributed by atoms with Crippen molar-refractivity contribution in [3.05, 3.63) is 58.6 Å². The number of nitrogens with zero attached hydrogens (tertiary/aromatic N) is 6. The molecule has 0 saturated carbocycles. The Hall–Kier alpha value is -3.13. The molecule has 2 heterocycles. The quantitative estimate of drug-likeness (QED) is 0.306. The van der Waals surface area contributed by atoms with Crippen molar-refractivity contribution in [2.75, 3.05) is 19.6 Å². The van der Waals surface area contributed by atoms with Crippen LogP contribution in [0.25, 0.3) is 11.0 Å². The van der Waals surface area contributed by atoms with Crippen molar-refractivity contribution in [1.82, 2.24) is 19.9 Å². The van der Waals surface area contributed by atoms with E-state index in [1.807, 2.05) is 24.3 Å². The van der Waals surface area contributed by atoms with Gasteiger partial charge in [0.15, 0.2) is 0 Å². The Bertz CT molecular complexity index is 973. The van der Waals surface area contributed by atoms with Gasteiger partial charge in [-0.05, 0) is 50.2 Å². The normalized spacial score (nSPS) is 15.9. The lowest BCUT2D eigenvalue weighted by molar-refractivity contribution is -0.384. The van der Waals surface area contributed by atoms with Gasteiger partial charge in [-0.1, -0.05) is 23.8 Å². The first-order valence-electron chi connectivity index (χ1n) is 9.06. The van der Waals surface area contributed by atoms with Crippen molar-refractivity contribution < 1.29 is 4.92 Å². The van der Waals surface area contributed by atoms with Crippen molar-refractivity contribution >= 4 is 28.2 Å². The van der Waals surface area contributed by atoms with Gasteiger partial charge < -0.3 is 0 Å². The van der Waals surface area contributed by atoms with Gasteiger partial charge in [0.05, 0.1) is 22.7 Å². The standard InChI is InChI=1S/C19H20N6O2/c26-25(27)16-10-8-15(9-11-16)20-19(14-23-12-4-1-5-13-23)24-18-7-3-2-6-17(18)21-22-24/h2-3,6-11H,1,4-5,12-14H2. The third-order valence-corrected chi connectivity index (χ3v) is 4.73. The number of para-hydroxylation sites is 1. The molecule has 1 aliphatic heterocycles. The highest BCUT2D eigenvalue weighted by molar-refractivity contribution is 5.94. The molecule has 0 atom stereocenters. The van der Waals surface area contributed by atoms with Gasteiger partial charge in [0.1, 0.15) is 11.4 Å². The Morgan fingerprint density at radius 1 is 1.07 bits per heavy atom. The molecule has 0 aliphatic carbocycles. The minimum absolute atomic E-state index is 0.0535. The molecule has 4 rings (SSSR count). The summed E-state index contributed by atoms with van der Waals surface area (Å²) >= 11 is 0. The molecule has 2 aromatic carbocycles. The largest absolute Gasteiger partial charge is 0.296 e. The van der Waals surface area contributed by atoms with Crippen LogP contribution in [0.2, 0.25) is 0 Å². The zero-order valence-electron chi connectivity index (χ0n) is 14.9. The maximum absolute atomic E-state index is 10.9. The van der Waals surface area contributed by atoms with E-state index in [0.717, 1.165) is 30.0 Å². The van der Waals surface area contributed by atoms with Crippen molar-refractivity contribution in [1.29, 1.82) is 0 Å². The lowest BCUT2D eigenvalue weighted by Crippen LogP contribution is -2.37. The zero-order chi connectivity index (χ0) is 18.6. The van der Waals surface area contributed by atoms with Crippen molar-refractivity contribution in [2.24, 2.45) is 4.99 Å². The molecule has 1 aliphatic rings. The van der Waals surface area contributed by atoms with Gasteiger partial charge >= 0.3 is 0 Å². The summed E-state index contributed by atoms with van der Waals surface area (Å²) in [6.45, 7) is 2.72.